The highest BCUT2D eigenvalue weighted by Gasteiger charge is 2.26. The normalized spacial score (nSPS) is 13.6. The molecule has 108 valence electrons. The molecule has 0 amide bonds. The average molecular weight is 275 g/mol. The molecule has 0 aliphatic rings. The van der Waals surface area contributed by atoms with Crippen molar-refractivity contribution in [1.29, 1.82) is 0 Å². The van der Waals surface area contributed by atoms with E-state index < -0.39 is 18.6 Å². The van der Waals surface area contributed by atoms with Crippen molar-refractivity contribution in [2.24, 2.45) is 5.73 Å². The lowest BCUT2D eigenvalue weighted by molar-refractivity contribution is -0.145. The monoisotopic (exact) mass is 275 g/mol. The topological polar surface area (TPSA) is 35.2 Å². The van der Waals surface area contributed by atoms with E-state index in [9.17, 15) is 13.2 Å². The largest absolute Gasteiger partial charge is 0.391 e. The Morgan fingerprint density at radius 1 is 1.16 bits per heavy atom. The van der Waals surface area contributed by atoms with Gasteiger partial charge in [0.2, 0.25) is 0 Å². The predicted octanol–water partition coefficient (Wildman–Crippen LogP) is 3.58. The smallest absolute Gasteiger partial charge is 0.379 e. The van der Waals surface area contributed by atoms with Crippen LogP contribution in [0.2, 0.25) is 0 Å². The van der Waals surface area contributed by atoms with E-state index in [-0.39, 0.29) is 13.2 Å². The Bertz CT molecular complexity index is 406. The fraction of sp³-hybridized carbons (Fsp3) is 0.571. The predicted molar refractivity (Wildman–Crippen MR) is 69.1 cm³/mol. The van der Waals surface area contributed by atoms with Crippen molar-refractivity contribution in [3.8, 4) is 0 Å². The maximum absolute atomic E-state index is 12.0. The van der Waals surface area contributed by atoms with Crippen LogP contribution >= 0.6 is 0 Å². The molecule has 0 radical (unpaired) electrons. The van der Waals surface area contributed by atoms with Crippen molar-refractivity contribution in [3.05, 3.63) is 34.4 Å². The molecule has 0 aliphatic heterocycles. The van der Waals surface area contributed by atoms with Crippen molar-refractivity contribution >= 4 is 0 Å². The van der Waals surface area contributed by atoms with Crippen LogP contribution in [0.4, 0.5) is 13.2 Å². The quantitative estimate of drug-likeness (QED) is 0.834. The first-order valence-electron chi connectivity index (χ1n) is 6.18. The molecule has 1 unspecified atom stereocenters. The third-order valence-corrected chi connectivity index (χ3v) is 2.94. The molecule has 0 aromatic heterocycles. The Labute approximate surface area is 111 Å². The van der Waals surface area contributed by atoms with Gasteiger partial charge in [0.15, 0.2) is 0 Å². The molecule has 19 heavy (non-hydrogen) atoms. The second-order valence-corrected chi connectivity index (χ2v) is 4.86. The van der Waals surface area contributed by atoms with Gasteiger partial charge in [-0.3, -0.25) is 0 Å². The second-order valence-electron chi connectivity index (χ2n) is 4.86. The van der Waals surface area contributed by atoms with Crippen LogP contribution in [-0.4, -0.2) is 19.4 Å². The molecule has 1 rings (SSSR count). The van der Waals surface area contributed by atoms with E-state index in [0.717, 1.165) is 22.3 Å². The Morgan fingerprint density at radius 3 is 2.16 bits per heavy atom. The summed E-state index contributed by atoms with van der Waals surface area (Å²) in [6.45, 7) is 5.65. The maximum Gasteiger partial charge on any atom is 0.391 e. The lowest BCUT2D eigenvalue weighted by Gasteiger charge is -2.18. The third kappa shape index (κ3) is 5.20. The summed E-state index contributed by atoms with van der Waals surface area (Å²) in [5.74, 6) is 0. The van der Waals surface area contributed by atoms with Gasteiger partial charge in [-0.2, -0.15) is 13.2 Å². The highest BCUT2D eigenvalue weighted by Crippen LogP contribution is 2.23. The van der Waals surface area contributed by atoms with E-state index in [2.05, 4.69) is 0 Å². The first-order chi connectivity index (χ1) is 8.70. The summed E-state index contributed by atoms with van der Waals surface area (Å²) in [5, 5.41) is 0. The van der Waals surface area contributed by atoms with Gasteiger partial charge in [-0.05, 0) is 37.5 Å². The average Bonchev–Trinajstić information content (AvgIpc) is 2.21. The molecule has 1 atom stereocenters. The molecular weight excluding hydrogens is 255 g/mol. The van der Waals surface area contributed by atoms with E-state index >= 15 is 0 Å². The molecular formula is C14H20F3NO. The van der Waals surface area contributed by atoms with Crippen LogP contribution in [0, 0.1) is 20.8 Å². The van der Waals surface area contributed by atoms with Gasteiger partial charge in [-0.1, -0.05) is 17.7 Å². The number of hydrogen-bond acceptors (Lipinski definition) is 2. The number of hydrogen-bond donors (Lipinski definition) is 1. The van der Waals surface area contributed by atoms with Crippen molar-refractivity contribution < 1.29 is 17.9 Å². The number of alkyl halides is 3. The standard InChI is InChI=1S/C14H20F3NO/c1-9-6-10(2)13(11(3)7-9)12(18)8-19-5-4-14(15,16)17/h6-7,12H,4-5,8,18H2,1-3H3. The molecule has 0 bridgehead atoms. The Hall–Kier alpha value is -1.07. The van der Waals surface area contributed by atoms with Gasteiger partial charge in [0, 0.05) is 0 Å². The van der Waals surface area contributed by atoms with Crippen molar-refractivity contribution in [2.75, 3.05) is 13.2 Å². The van der Waals surface area contributed by atoms with Gasteiger partial charge in [-0.15, -0.1) is 0 Å². The lowest BCUT2D eigenvalue weighted by Crippen LogP contribution is -2.21. The molecule has 1 aromatic rings. The van der Waals surface area contributed by atoms with E-state index in [4.69, 9.17) is 10.5 Å². The van der Waals surface area contributed by atoms with Crippen LogP contribution in [0.5, 0.6) is 0 Å². The molecule has 0 heterocycles. The molecule has 1 aromatic carbocycles. The fourth-order valence-electron chi connectivity index (χ4n) is 2.26. The molecule has 2 N–H and O–H groups in total. The fourth-order valence-corrected chi connectivity index (χ4v) is 2.26. The van der Waals surface area contributed by atoms with Crippen LogP contribution in [-0.2, 0) is 4.74 Å². The summed E-state index contributed by atoms with van der Waals surface area (Å²) in [6, 6.07) is 3.63. The first kappa shape index (κ1) is 16.0. The summed E-state index contributed by atoms with van der Waals surface area (Å²) < 4.78 is 40.9. The van der Waals surface area contributed by atoms with E-state index in [1.807, 2.05) is 32.9 Å². The lowest BCUT2D eigenvalue weighted by atomic mass is 9.95. The number of nitrogens with two attached hydrogens (primary N) is 1. The number of rotatable bonds is 5. The van der Waals surface area contributed by atoms with Gasteiger partial charge >= 0.3 is 6.18 Å². The SMILES string of the molecule is Cc1cc(C)c(C(N)COCCC(F)(F)F)c(C)c1. The Kier molecular flexibility index (Phi) is 5.38. The minimum atomic E-state index is -4.18. The van der Waals surface area contributed by atoms with Crippen LogP contribution in [0.3, 0.4) is 0 Å². The summed E-state index contributed by atoms with van der Waals surface area (Å²) in [7, 11) is 0. The van der Waals surface area contributed by atoms with Crippen LogP contribution in [0.1, 0.15) is 34.7 Å². The zero-order valence-electron chi connectivity index (χ0n) is 11.5. The minimum absolute atomic E-state index is 0.0980. The van der Waals surface area contributed by atoms with E-state index in [1.165, 1.54) is 0 Å². The molecule has 5 heteroatoms. The Balaban J connectivity index is 2.57. The molecule has 0 spiro atoms. The number of benzene rings is 1. The molecule has 0 saturated carbocycles. The van der Waals surface area contributed by atoms with Crippen molar-refractivity contribution in [2.45, 2.75) is 39.4 Å². The maximum atomic E-state index is 12.0. The summed E-state index contributed by atoms with van der Waals surface area (Å²) in [6.07, 6.45) is -5.12. The van der Waals surface area contributed by atoms with Crippen molar-refractivity contribution in [3.63, 3.8) is 0 Å². The summed E-state index contributed by atoms with van der Waals surface area (Å²) >= 11 is 0. The highest BCUT2D eigenvalue weighted by molar-refractivity contribution is 5.39. The molecule has 0 saturated heterocycles. The molecule has 2 nitrogen and oxygen atoms in total. The van der Waals surface area contributed by atoms with Gasteiger partial charge in [0.1, 0.15) is 0 Å². The van der Waals surface area contributed by atoms with E-state index in [0.29, 0.717) is 0 Å². The highest BCUT2D eigenvalue weighted by atomic mass is 19.4. The van der Waals surface area contributed by atoms with E-state index in [1.54, 1.807) is 0 Å². The molecule has 0 fully saturated rings. The molecule has 0 aliphatic carbocycles. The van der Waals surface area contributed by atoms with Gasteiger partial charge < -0.3 is 10.5 Å². The number of aryl methyl sites for hydroxylation is 3. The first-order valence-corrected chi connectivity index (χ1v) is 6.18. The van der Waals surface area contributed by atoms with Gasteiger partial charge in [0.25, 0.3) is 0 Å². The van der Waals surface area contributed by atoms with Crippen molar-refractivity contribution in [1.82, 2.24) is 0 Å². The zero-order valence-corrected chi connectivity index (χ0v) is 11.5. The van der Waals surface area contributed by atoms with Gasteiger partial charge in [-0.25, -0.2) is 0 Å². The summed E-state index contributed by atoms with van der Waals surface area (Å²) in [5.41, 5.74) is 10.2. The van der Waals surface area contributed by atoms with Crippen LogP contribution < -0.4 is 5.73 Å². The Morgan fingerprint density at radius 2 is 1.68 bits per heavy atom. The van der Waals surface area contributed by atoms with Crippen LogP contribution in [0.25, 0.3) is 0 Å². The number of halogens is 3. The van der Waals surface area contributed by atoms with Gasteiger partial charge in [0.05, 0.1) is 25.7 Å². The number of ether oxygens (including phenoxy) is 1. The minimum Gasteiger partial charge on any atom is -0.379 e. The third-order valence-electron chi connectivity index (χ3n) is 2.94. The van der Waals surface area contributed by atoms with Crippen LogP contribution in [0.15, 0.2) is 12.1 Å². The second kappa shape index (κ2) is 6.39. The summed E-state index contributed by atoms with van der Waals surface area (Å²) in [4.78, 5) is 0. The zero-order chi connectivity index (χ0) is 14.6.